The van der Waals surface area contributed by atoms with E-state index in [2.05, 4.69) is 47.7 Å². The van der Waals surface area contributed by atoms with Crippen LogP contribution in [-0.2, 0) is 6.42 Å². The first kappa shape index (κ1) is 16.6. The third-order valence-electron chi connectivity index (χ3n) is 3.48. The molecule has 0 bridgehead atoms. The summed E-state index contributed by atoms with van der Waals surface area (Å²) in [5, 5.41) is 5.37. The third-order valence-corrected chi connectivity index (χ3v) is 5.83. The molecule has 1 saturated heterocycles. The van der Waals surface area contributed by atoms with Crippen LogP contribution >= 0.6 is 23.1 Å². The zero-order valence-electron chi connectivity index (χ0n) is 13.3. The molecule has 21 heavy (non-hydrogen) atoms. The van der Waals surface area contributed by atoms with Crippen molar-refractivity contribution in [2.24, 2.45) is 4.99 Å². The van der Waals surface area contributed by atoms with E-state index >= 15 is 0 Å². The summed E-state index contributed by atoms with van der Waals surface area (Å²) < 4.78 is 0. The van der Waals surface area contributed by atoms with Crippen LogP contribution in [0.2, 0.25) is 0 Å². The highest BCUT2D eigenvalue weighted by Gasteiger charge is 2.21. The predicted molar refractivity (Wildman–Crippen MR) is 94.6 cm³/mol. The van der Waals surface area contributed by atoms with Crippen molar-refractivity contribution in [3.05, 3.63) is 16.1 Å². The van der Waals surface area contributed by atoms with Crippen molar-refractivity contribution in [1.82, 2.24) is 15.2 Å². The van der Waals surface area contributed by atoms with E-state index in [9.17, 15) is 0 Å². The van der Waals surface area contributed by atoms with E-state index in [0.29, 0.717) is 0 Å². The molecule has 0 radical (unpaired) electrons. The monoisotopic (exact) mass is 326 g/mol. The summed E-state index contributed by atoms with van der Waals surface area (Å²) in [7, 11) is 0. The molecule has 6 heteroatoms. The molecule has 0 aromatic carbocycles. The molecule has 0 amide bonds. The average Bonchev–Trinajstić information content (AvgIpc) is 2.92. The molecule has 2 heterocycles. The van der Waals surface area contributed by atoms with E-state index in [1.54, 1.807) is 11.3 Å². The average molecular weight is 327 g/mol. The number of aliphatic imine (C=N–C) groups is 1. The van der Waals surface area contributed by atoms with Crippen LogP contribution in [-0.4, -0.2) is 53.0 Å². The summed E-state index contributed by atoms with van der Waals surface area (Å²) in [6.07, 6.45) is 4.12. The van der Waals surface area contributed by atoms with Gasteiger partial charge in [-0.05, 0) is 20.3 Å². The zero-order chi connectivity index (χ0) is 15.1. The number of guanidine groups is 1. The molecule has 4 nitrogen and oxygen atoms in total. The molecule has 118 valence electrons. The van der Waals surface area contributed by atoms with Crippen molar-refractivity contribution in [1.29, 1.82) is 0 Å². The van der Waals surface area contributed by atoms with Crippen molar-refractivity contribution < 1.29 is 0 Å². The van der Waals surface area contributed by atoms with Gasteiger partial charge in [0.15, 0.2) is 5.96 Å². The second-order valence-electron chi connectivity index (χ2n) is 5.20. The third kappa shape index (κ3) is 5.18. The lowest BCUT2D eigenvalue weighted by molar-refractivity contribution is 0.408. The summed E-state index contributed by atoms with van der Waals surface area (Å²) >= 11 is 3.87. The largest absolute Gasteiger partial charge is 0.357 e. The lowest BCUT2D eigenvalue weighted by Crippen LogP contribution is -2.48. The Balaban J connectivity index is 1.91. The van der Waals surface area contributed by atoms with Gasteiger partial charge in [-0.15, -0.1) is 11.3 Å². The summed E-state index contributed by atoms with van der Waals surface area (Å²) in [4.78, 5) is 12.9. The Kier molecular flexibility index (Phi) is 6.83. The Morgan fingerprint density at radius 2 is 2.38 bits per heavy atom. The van der Waals surface area contributed by atoms with Gasteiger partial charge in [-0.25, -0.2) is 4.98 Å². The number of rotatable bonds is 5. The van der Waals surface area contributed by atoms with Crippen molar-refractivity contribution in [3.8, 4) is 0 Å². The molecule has 0 saturated carbocycles. The number of hydrogen-bond acceptors (Lipinski definition) is 4. The topological polar surface area (TPSA) is 40.5 Å². The van der Waals surface area contributed by atoms with E-state index in [0.717, 1.165) is 43.8 Å². The molecule has 1 fully saturated rings. The fraction of sp³-hybridized carbons (Fsp3) is 0.733. The minimum atomic E-state index is 0.740. The number of aromatic nitrogens is 1. The predicted octanol–water partition coefficient (Wildman–Crippen LogP) is 2.79. The van der Waals surface area contributed by atoms with Crippen LogP contribution in [0.5, 0.6) is 0 Å². The van der Waals surface area contributed by atoms with E-state index in [1.165, 1.54) is 22.1 Å². The molecule has 1 aromatic heterocycles. The number of nitrogens with zero attached hydrogens (tertiary/aromatic N) is 3. The number of thiazole rings is 1. The molecule has 0 spiro atoms. The number of hydrogen-bond donors (Lipinski definition) is 1. The van der Waals surface area contributed by atoms with Gasteiger partial charge < -0.3 is 10.2 Å². The molecular formula is C15H26N4S2. The summed E-state index contributed by atoms with van der Waals surface area (Å²) in [5.41, 5.74) is 0. The normalized spacial score (nSPS) is 19.9. The fourth-order valence-corrected chi connectivity index (χ4v) is 4.31. The molecule has 0 aliphatic carbocycles. The minimum Gasteiger partial charge on any atom is -0.357 e. The van der Waals surface area contributed by atoms with Crippen LogP contribution in [0.4, 0.5) is 0 Å². The van der Waals surface area contributed by atoms with E-state index in [-0.39, 0.29) is 0 Å². The van der Waals surface area contributed by atoms with Crippen molar-refractivity contribution >= 4 is 29.1 Å². The van der Waals surface area contributed by atoms with E-state index < -0.39 is 0 Å². The molecule has 1 aliphatic rings. The maximum Gasteiger partial charge on any atom is 0.193 e. The SMILES string of the molecule is CCNC(=NCCc1ncc(C)s1)N1CCSC(CC)C1. The standard InChI is InChI=1S/C15H26N4S2/c1-4-13-11-19(8-9-20-13)15(16-5-2)17-7-6-14-18-10-12(3)21-14/h10,13H,4-9,11H2,1-3H3,(H,16,17). The summed E-state index contributed by atoms with van der Waals surface area (Å²) in [6, 6.07) is 0. The van der Waals surface area contributed by atoms with Gasteiger partial charge in [-0.2, -0.15) is 11.8 Å². The van der Waals surface area contributed by atoms with Gasteiger partial charge in [0.1, 0.15) is 0 Å². The first-order chi connectivity index (χ1) is 10.2. The Morgan fingerprint density at radius 1 is 1.52 bits per heavy atom. The van der Waals surface area contributed by atoms with Crippen molar-refractivity contribution in [2.75, 3.05) is 31.9 Å². The van der Waals surface area contributed by atoms with Gasteiger partial charge in [0.05, 0.1) is 5.01 Å². The molecule has 1 unspecified atom stereocenters. The highest BCUT2D eigenvalue weighted by Crippen LogP contribution is 2.21. The molecule has 1 atom stereocenters. The van der Waals surface area contributed by atoms with Gasteiger partial charge in [0.25, 0.3) is 0 Å². The Morgan fingerprint density at radius 3 is 3.05 bits per heavy atom. The Hall–Kier alpha value is -0.750. The molecule has 1 N–H and O–H groups in total. The highest BCUT2D eigenvalue weighted by atomic mass is 32.2. The van der Waals surface area contributed by atoms with Gasteiger partial charge >= 0.3 is 0 Å². The summed E-state index contributed by atoms with van der Waals surface area (Å²) in [5.74, 6) is 2.28. The lowest BCUT2D eigenvalue weighted by atomic mass is 10.3. The van der Waals surface area contributed by atoms with E-state index in [4.69, 9.17) is 4.99 Å². The fourth-order valence-electron chi connectivity index (χ4n) is 2.36. The van der Waals surface area contributed by atoms with Gasteiger partial charge in [0.2, 0.25) is 0 Å². The summed E-state index contributed by atoms with van der Waals surface area (Å²) in [6.45, 7) is 10.5. The first-order valence-electron chi connectivity index (χ1n) is 7.79. The lowest BCUT2D eigenvalue weighted by Gasteiger charge is -2.34. The van der Waals surface area contributed by atoms with E-state index in [1.807, 2.05) is 6.20 Å². The quantitative estimate of drug-likeness (QED) is 0.667. The van der Waals surface area contributed by atoms with Crippen LogP contribution in [0.1, 0.15) is 30.2 Å². The van der Waals surface area contributed by atoms with Crippen LogP contribution in [0, 0.1) is 6.92 Å². The Labute approximate surface area is 136 Å². The first-order valence-corrected chi connectivity index (χ1v) is 9.65. The number of nitrogens with one attached hydrogen (secondary N) is 1. The van der Waals surface area contributed by atoms with Gasteiger partial charge in [-0.1, -0.05) is 6.92 Å². The molecular weight excluding hydrogens is 300 g/mol. The number of aryl methyl sites for hydroxylation is 1. The number of thioether (sulfide) groups is 1. The van der Waals surface area contributed by atoms with Crippen LogP contribution in [0.25, 0.3) is 0 Å². The highest BCUT2D eigenvalue weighted by molar-refractivity contribution is 8.00. The maximum absolute atomic E-state index is 4.80. The van der Waals surface area contributed by atoms with Gasteiger partial charge in [-0.3, -0.25) is 4.99 Å². The minimum absolute atomic E-state index is 0.740. The smallest absolute Gasteiger partial charge is 0.193 e. The zero-order valence-corrected chi connectivity index (χ0v) is 14.9. The van der Waals surface area contributed by atoms with Crippen molar-refractivity contribution in [3.63, 3.8) is 0 Å². The second-order valence-corrected chi connectivity index (χ2v) is 7.92. The van der Waals surface area contributed by atoms with Crippen LogP contribution < -0.4 is 5.32 Å². The maximum atomic E-state index is 4.80. The molecule has 2 rings (SSSR count). The van der Waals surface area contributed by atoms with Crippen LogP contribution in [0.15, 0.2) is 11.2 Å². The van der Waals surface area contributed by atoms with Gasteiger partial charge in [0, 0.05) is 54.7 Å². The molecule has 1 aliphatic heterocycles. The second kappa shape index (κ2) is 8.63. The van der Waals surface area contributed by atoms with Crippen molar-refractivity contribution in [2.45, 2.75) is 38.9 Å². The molecule has 1 aromatic rings. The Bertz CT molecular complexity index is 458. The van der Waals surface area contributed by atoms with Crippen LogP contribution in [0.3, 0.4) is 0 Å².